The maximum Gasteiger partial charge on any atom is 0.119 e. The summed E-state index contributed by atoms with van der Waals surface area (Å²) in [5, 5.41) is 3.42. The van der Waals surface area contributed by atoms with Gasteiger partial charge in [-0.25, -0.2) is 0 Å². The van der Waals surface area contributed by atoms with Gasteiger partial charge in [0.2, 0.25) is 0 Å². The summed E-state index contributed by atoms with van der Waals surface area (Å²) in [7, 11) is 0. The zero-order valence-electron chi connectivity index (χ0n) is 11.3. The highest BCUT2D eigenvalue weighted by Crippen LogP contribution is 2.14. The van der Waals surface area contributed by atoms with Crippen LogP contribution in [0.5, 0.6) is 5.75 Å². The van der Waals surface area contributed by atoms with Crippen LogP contribution in [-0.4, -0.2) is 18.2 Å². The Morgan fingerprint density at radius 3 is 2.29 bits per heavy atom. The Morgan fingerprint density at radius 2 is 1.82 bits per heavy atom. The van der Waals surface area contributed by atoms with Crippen molar-refractivity contribution in [3.8, 4) is 5.75 Å². The molecule has 0 radical (unpaired) electrons. The third-order valence-corrected chi connectivity index (χ3v) is 2.58. The second kappa shape index (κ2) is 6.03. The molecule has 0 aliphatic heterocycles. The van der Waals surface area contributed by atoms with Crippen LogP contribution < -0.4 is 15.8 Å². The number of hydrogen-bond donors (Lipinski definition) is 2. The molecule has 1 aromatic rings. The van der Waals surface area contributed by atoms with E-state index in [0.29, 0.717) is 6.54 Å². The summed E-state index contributed by atoms with van der Waals surface area (Å²) in [5.41, 5.74) is 6.88. The number of hydrogen-bond acceptors (Lipinski definition) is 3. The van der Waals surface area contributed by atoms with Crippen LogP contribution in [0.4, 0.5) is 0 Å². The molecule has 0 aliphatic carbocycles. The largest absolute Gasteiger partial charge is 0.491 e. The quantitative estimate of drug-likeness (QED) is 0.796. The van der Waals surface area contributed by atoms with Gasteiger partial charge in [-0.15, -0.1) is 0 Å². The van der Waals surface area contributed by atoms with Crippen molar-refractivity contribution < 1.29 is 4.74 Å². The van der Waals surface area contributed by atoms with Gasteiger partial charge in [0.15, 0.2) is 0 Å². The van der Waals surface area contributed by atoms with Crippen LogP contribution in [-0.2, 0) is 6.54 Å². The molecule has 0 unspecified atom stereocenters. The minimum atomic E-state index is -0.0207. The SMILES string of the molecule is CC(C)Oc1ccc(CNC(C)(C)CN)cc1. The van der Waals surface area contributed by atoms with Crippen molar-refractivity contribution in [2.24, 2.45) is 5.73 Å². The molecule has 0 aliphatic rings. The molecule has 0 bridgehead atoms. The molecular weight excluding hydrogens is 212 g/mol. The minimum Gasteiger partial charge on any atom is -0.491 e. The first-order valence-corrected chi connectivity index (χ1v) is 6.13. The molecule has 3 nitrogen and oxygen atoms in total. The van der Waals surface area contributed by atoms with Crippen LogP contribution in [0.15, 0.2) is 24.3 Å². The zero-order valence-corrected chi connectivity index (χ0v) is 11.3. The summed E-state index contributed by atoms with van der Waals surface area (Å²) in [6.45, 7) is 9.71. The maximum absolute atomic E-state index is 5.67. The van der Waals surface area contributed by atoms with Gasteiger partial charge in [0.1, 0.15) is 5.75 Å². The van der Waals surface area contributed by atoms with Crippen LogP contribution in [0.1, 0.15) is 33.3 Å². The smallest absolute Gasteiger partial charge is 0.119 e. The molecule has 0 saturated heterocycles. The van der Waals surface area contributed by atoms with Gasteiger partial charge in [-0.3, -0.25) is 0 Å². The molecule has 3 N–H and O–H groups in total. The zero-order chi connectivity index (χ0) is 12.9. The Kier molecular flexibility index (Phi) is 4.97. The number of benzene rings is 1. The minimum absolute atomic E-state index is 0.0207. The molecular formula is C14H24N2O. The Hall–Kier alpha value is -1.06. The van der Waals surface area contributed by atoms with Crippen molar-refractivity contribution in [1.82, 2.24) is 5.32 Å². The molecule has 17 heavy (non-hydrogen) atoms. The molecule has 1 rings (SSSR count). The van der Waals surface area contributed by atoms with E-state index >= 15 is 0 Å². The summed E-state index contributed by atoms with van der Waals surface area (Å²) >= 11 is 0. The van der Waals surface area contributed by atoms with Crippen molar-refractivity contribution in [2.45, 2.75) is 45.9 Å². The van der Waals surface area contributed by atoms with Crippen LogP contribution in [0, 0.1) is 0 Å². The Morgan fingerprint density at radius 1 is 1.24 bits per heavy atom. The van der Waals surface area contributed by atoms with Crippen molar-refractivity contribution in [1.29, 1.82) is 0 Å². The van der Waals surface area contributed by atoms with Crippen LogP contribution in [0.3, 0.4) is 0 Å². The highest BCUT2D eigenvalue weighted by Gasteiger charge is 2.13. The fourth-order valence-electron chi connectivity index (χ4n) is 1.37. The first kappa shape index (κ1) is 14.0. The lowest BCUT2D eigenvalue weighted by atomic mass is 10.1. The standard InChI is InChI=1S/C14H24N2O/c1-11(2)17-13-7-5-12(6-8-13)9-16-14(3,4)10-15/h5-8,11,16H,9-10,15H2,1-4H3. The van der Waals surface area contributed by atoms with Gasteiger partial charge < -0.3 is 15.8 Å². The van der Waals surface area contributed by atoms with Crippen molar-refractivity contribution in [3.63, 3.8) is 0 Å². The molecule has 1 aromatic carbocycles. The molecule has 0 saturated carbocycles. The average Bonchev–Trinajstić information content (AvgIpc) is 2.28. The Labute approximate surface area is 104 Å². The predicted molar refractivity (Wildman–Crippen MR) is 72.2 cm³/mol. The number of ether oxygens (including phenoxy) is 1. The van der Waals surface area contributed by atoms with E-state index in [1.165, 1.54) is 5.56 Å². The van der Waals surface area contributed by atoms with Gasteiger partial charge in [0.05, 0.1) is 6.10 Å². The molecule has 0 spiro atoms. The fourth-order valence-corrected chi connectivity index (χ4v) is 1.37. The van der Waals surface area contributed by atoms with Gasteiger partial charge in [-0.1, -0.05) is 12.1 Å². The molecule has 0 atom stereocenters. The van der Waals surface area contributed by atoms with E-state index in [9.17, 15) is 0 Å². The average molecular weight is 236 g/mol. The topological polar surface area (TPSA) is 47.3 Å². The Balaban J connectivity index is 2.51. The van der Waals surface area contributed by atoms with Crippen molar-refractivity contribution in [3.05, 3.63) is 29.8 Å². The van der Waals surface area contributed by atoms with E-state index in [4.69, 9.17) is 10.5 Å². The van der Waals surface area contributed by atoms with Gasteiger partial charge in [-0.2, -0.15) is 0 Å². The summed E-state index contributed by atoms with van der Waals surface area (Å²) in [6.07, 6.45) is 0.218. The lowest BCUT2D eigenvalue weighted by molar-refractivity contribution is 0.242. The molecule has 0 amide bonds. The lowest BCUT2D eigenvalue weighted by Crippen LogP contribution is -2.45. The fraction of sp³-hybridized carbons (Fsp3) is 0.571. The maximum atomic E-state index is 5.67. The van der Waals surface area contributed by atoms with Gasteiger partial charge in [0.25, 0.3) is 0 Å². The highest BCUT2D eigenvalue weighted by molar-refractivity contribution is 5.27. The third kappa shape index (κ3) is 5.20. The molecule has 0 aromatic heterocycles. The van der Waals surface area contributed by atoms with Gasteiger partial charge in [0, 0.05) is 18.6 Å². The number of nitrogens with two attached hydrogens (primary N) is 1. The molecule has 96 valence electrons. The van der Waals surface area contributed by atoms with E-state index < -0.39 is 0 Å². The summed E-state index contributed by atoms with van der Waals surface area (Å²) in [6, 6.07) is 8.17. The van der Waals surface area contributed by atoms with E-state index in [0.717, 1.165) is 12.3 Å². The van der Waals surface area contributed by atoms with Crippen LogP contribution in [0.2, 0.25) is 0 Å². The van der Waals surface area contributed by atoms with E-state index in [2.05, 4.69) is 31.3 Å². The van der Waals surface area contributed by atoms with Gasteiger partial charge >= 0.3 is 0 Å². The number of rotatable bonds is 6. The summed E-state index contributed by atoms with van der Waals surface area (Å²) in [4.78, 5) is 0. The monoisotopic (exact) mass is 236 g/mol. The molecule has 0 heterocycles. The van der Waals surface area contributed by atoms with Crippen LogP contribution in [0.25, 0.3) is 0 Å². The summed E-state index contributed by atoms with van der Waals surface area (Å²) in [5.74, 6) is 0.918. The first-order valence-electron chi connectivity index (χ1n) is 6.13. The van der Waals surface area contributed by atoms with E-state index in [1.54, 1.807) is 0 Å². The lowest BCUT2D eigenvalue weighted by Gasteiger charge is -2.24. The number of nitrogens with one attached hydrogen (secondary N) is 1. The second-order valence-electron chi connectivity index (χ2n) is 5.25. The van der Waals surface area contributed by atoms with E-state index in [-0.39, 0.29) is 11.6 Å². The molecule has 0 fully saturated rings. The van der Waals surface area contributed by atoms with Crippen LogP contribution >= 0.6 is 0 Å². The van der Waals surface area contributed by atoms with E-state index in [1.807, 2.05) is 26.0 Å². The highest BCUT2D eigenvalue weighted by atomic mass is 16.5. The van der Waals surface area contributed by atoms with Crippen molar-refractivity contribution in [2.75, 3.05) is 6.54 Å². The Bertz CT molecular complexity index is 331. The van der Waals surface area contributed by atoms with Gasteiger partial charge in [-0.05, 0) is 45.4 Å². The van der Waals surface area contributed by atoms with Crippen molar-refractivity contribution >= 4 is 0 Å². The second-order valence-corrected chi connectivity index (χ2v) is 5.25. The molecule has 3 heteroatoms. The normalized spacial score (nSPS) is 11.9. The first-order chi connectivity index (χ1) is 7.93. The predicted octanol–water partition coefficient (Wildman–Crippen LogP) is 2.30. The third-order valence-electron chi connectivity index (χ3n) is 2.58. The summed E-state index contributed by atoms with van der Waals surface area (Å²) < 4.78 is 5.60.